The summed E-state index contributed by atoms with van der Waals surface area (Å²) >= 11 is 0. The van der Waals surface area contributed by atoms with Gasteiger partial charge in [0.15, 0.2) is 0 Å². The number of aryl methyl sites for hydroxylation is 1. The molecular formula is C13H23N3O. The lowest BCUT2D eigenvalue weighted by atomic mass is 10.1. The van der Waals surface area contributed by atoms with E-state index in [0.717, 1.165) is 37.7 Å². The maximum atomic E-state index is 5.70. The molecule has 0 aromatic carbocycles. The second kappa shape index (κ2) is 5.17. The van der Waals surface area contributed by atoms with E-state index in [9.17, 15) is 0 Å². The third-order valence-corrected chi connectivity index (χ3v) is 3.46. The average molecular weight is 237 g/mol. The smallest absolute Gasteiger partial charge is 0.220 e. The maximum Gasteiger partial charge on any atom is 0.220 e. The van der Waals surface area contributed by atoms with E-state index in [1.165, 1.54) is 12.8 Å². The van der Waals surface area contributed by atoms with Crippen molar-refractivity contribution in [2.75, 3.05) is 13.1 Å². The molecule has 0 radical (unpaired) electrons. The number of hydrogen-bond donors (Lipinski definition) is 1. The van der Waals surface area contributed by atoms with Gasteiger partial charge in [-0.15, -0.1) is 10.2 Å². The molecule has 1 heterocycles. The molecule has 1 saturated carbocycles. The third kappa shape index (κ3) is 3.28. The summed E-state index contributed by atoms with van der Waals surface area (Å²) in [6.07, 6.45) is 4.31. The highest BCUT2D eigenvalue weighted by Gasteiger charge is 2.50. The Bertz CT molecular complexity index is 359. The van der Waals surface area contributed by atoms with Gasteiger partial charge in [-0.2, -0.15) is 0 Å². The van der Waals surface area contributed by atoms with E-state index < -0.39 is 0 Å². The van der Waals surface area contributed by atoms with E-state index in [4.69, 9.17) is 4.42 Å². The fraction of sp³-hybridized carbons (Fsp3) is 0.846. The predicted molar refractivity (Wildman–Crippen MR) is 66.9 cm³/mol. The zero-order valence-corrected chi connectivity index (χ0v) is 11.1. The van der Waals surface area contributed by atoms with Crippen LogP contribution in [0.3, 0.4) is 0 Å². The molecule has 2 rings (SSSR count). The minimum absolute atomic E-state index is 0.368. The maximum absolute atomic E-state index is 5.70. The Balaban J connectivity index is 1.72. The van der Waals surface area contributed by atoms with Crippen molar-refractivity contribution in [1.82, 2.24) is 15.5 Å². The second-order valence-corrected chi connectivity index (χ2v) is 5.63. The Labute approximate surface area is 103 Å². The van der Waals surface area contributed by atoms with Gasteiger partial charge in [-0.3, -0.25) is 0 Å². The van der Waals surface area contributed by atoms with Crippen LogP contribution in [-0.2, 0) is 6.42 Å². The van der Waals surface area contributed by atoms with E-state index in [-0.39, 0.29) is 0 Å². The molecule has 1 N–H and O–H groups in total. The van der Waals surface area contributed by atoms with Gasteiger partial charge in [-0.1, -0.05) is 20.8 Å². The largest absolute Gasteiger partial charge is 0.425 e. The van der Waals surface area contributed by atoms with Crippen LogP contribution in [0.15, 0.2) is 4.42 Å². The molecule has 1 aliphatic carbocycles. The van der Waals surface area contributed by atoms with E-state index >= 15 is 0 Å². The Kier molecular flexibility index (Phi) is 3.82. The molecule has 4 heteroatoms. The zero-order valence-electron chi connectivity index (χ0n) is 11.1. The van der Waals surface area contributed by atoms with Crippen molar-refractivity contribution in [3.8, 4) is 0 Å². The predicted octanol–water partition coefficient (Wildman–Crippen LogP) is 2.52. The van der Waals surface area contributed by atoms with Gasteiger partial charge in [-0.05, 0) is 37.8 Å². The first-order valence-electron chi connectivity index (χ1n) is 6.66. The van der Waals surface area contributed by atoms with Crippen molar-refractivity contribution >= 4 is 0 Å². The molecular weight excluding hydrogens is 214 g/mol. The quantitative estimate of drug-likeness (QED) is 0.740. The monoisotopic (exact) mass is 237 g/mol. The molecule has 0 bridgehead atoms. The van der Waals surface area contributed by atoms with Crippen molar-refractivity contribution in [2.45, 2.75) is 52.4 Å². The fourth-order valence-electron chi connectivity index (χ4n) is 2.06. The van der Waals surface area contributed by atoms with Crippen LogP contribution in [0, 0.1) is 5.41 Å². The first kappa shape index (κ1) is 12.6. The lowest BCUT2D eigenvalue weighted by Crippen LogP contribution is -2.16. The molecule has 1 fully saturated rings. The van der Waals surface area contributed by atoms with E-state index in [1.54, 1.807) is 0 Å². The topological polar surface area (TPSA) is 51.0 Å². The van der Waals surface area contributed by atoms with Gasteiger partial charge >= 0.3 is 0 Å². The second-order valence-electron chi connectivity index (χ2n) is 5.63. The molecule has 1 unspecified atom stereocenters. The molecule has 17 heavy (non-hydrogen) atoms. The summed E-state index contributed by atoms with van der Waals surface area (Å²) in [5.41, 5.74) is 0.368. The molecule has 4 nitrogen and oxygen atoms in total. The van der Waals surface area contributed by atoms with Crippen molar-refractivity contribution in [1.29, 1.82) is 0 Å². The molecule has 0 spiro atoms. The highest BCUT2D eigenvalue weighted by atomic mass is 16.4. The van der Waals surface area contributed by atoms with Crippen LogP contribution >= 0.6 is 0 Å². The Hall–Kier alpha value is -0.900. The van der Waals surface area contributed by atoms with Gasteiger partial charge < -0.3 is 9.73 Å². The Morgan fingerprint density at radius 2 is 2.12 bits per heavy atom. The standard InChI is InChI=1S/C13H23N3O/c1-4-7-14-8-5-6-11-15-16-12(17-11)10-9-13(10,2)3/h10,14H,4-9H2,1-3H3. The van der Waals surface area contributed by atoms with E-state index in [2.05, 4.69) is 36.3 Å². The van der Waals surface area contributed by atoms with Crippen LogP contribution in [0.5, 0.6) is 0 Å². The summed E-state index contributed by atoms with van der Waals surface area (Å²) in [7, 11) is 0. The lowest BCUT2D eigenvalue weighted by molar-refractivity contribution is 0.426. The van der Waals surface area contributed by atoms with Gasteiger partial charge in [0, 0.05) is 12.3 Å². The normalized spacial score (nSPS) is 21.7. The summed E-state index contributed by atoms with van der Waals surface area (Å²) in [4.78, 5) is 0. The first-order chi connectivity index (χ1) is 8.13. The van der Waals surface area contributed by atoms with Crippen molar-refractivity contribution in [2.24, 2.45) is 5.41 Å². The zero-order chi connectivity index (χ0) is 12.3. The van der Waals surface area contributed by atoms with Crippen LogP contribution < -0.4 is 5.32 Å². The van der Waals surface area contributed by atoms with Crippen LogP contribution in [-0.4, -0.2) is 23.3 Å². The minimum atomic E-state index is 0.368. The number of rotatable bonds is 7. The van der Waals surface area contributed by atoms with Crippen LogP contribution in [0.2, 0.25) is 0 Å². The van der Waals surface area contributed by atoms with Gasteiger partial charge in [0.2, 0.25) is 11.8 Å². The summed E-state index contributed by atoms with van der Waals surface area (Å²) in [5, 5.41) is 11.6. The Morgan fingerprint density at radius 1 is 1.35 bits per heavy atom. The number of aromatic nitrogens is 2. The van der Waals surface area contributed by atoms with Crippen molar-refractivity contribution in [3.05, 3.63) is 11.8 Å². The molecule has 1 aliphatic rings. The fourth-order valence-corrected chi connectivity index (χ4v) is 2.06. The summed E-state index contributed by atoms with van der Waals surface area (Å²) in [6, 6.07) is 0. The molecule has 96 valence electrons. The van der Waals surface area contributed by atoms with Gasteiger partial charge in [0.1, 0.15) is 0 Å². The molecule has 0 amide bonds. The highest BCUT2D eigenvalue weighted by Crippen LogP contribution is 2.58. The molecule has 1 atom stereocenters. The van der Waals surface area contributed by atoms with Gasteiger partial charge in [0.05, 0.1) is 0 Å². The number of nitrogens with zero attached hydrogens (tertiary/aromatic N) is 2. The van der Waals surface area contributed by atoms with E-state index in [0.29, 0.717) is 11.3 Å². The first-order valence-corrected chi connectivity index (χ1v) is 6.66. The summed E-state index contributed by atoms with van der Waals surface area (Å²) < 4.78 is 5.70. The summed E-state index contributed by atoms with van der Waals surface area (Å²) in [6.45, 7) is 8.78. The van der Waals surface area contributed by atoms with Crippen LogP contribution in [0.1, 0.15) is 57.7 Å². The number of hydrogen-bond acceptors (Lipinski definition) is 4. The van der Waals surface area contributed by atoms with Crippen molar-refractivity contribution in [3.63, 3.8) is 0 Å². The average Bonchev–Trinajstić information content (AvgIpc) is 2.75. The molecule has 0 saturated heterocycles. The minimum Gasteiger partial charge on any atom is -0.425 e. The van der Waals surface area contributed by atoms with Gasteiger partial charge in [0.25, 0.3) is 0 Å². The molecule has 0 aliphatic heterocycles. The molecule has 1 aromatic heterocycles. The van der Waals surface area contributed by atoms with Crippen LogP contribution in [0.4, 0.5) is 0 Å². The Morgan fingerprint density at radius 3 is 2.76 bits per heavy atom. The SMILES string of the molecule is CCCNCCCc1nnc(C2CC2(C)C)o1. The lowest BCUT2D eigenvalue weighted by Gasteiger charge is -2.00. The highest BCUT2D eigenvalue weighted by molar-refractivity contribution is 5.12. The van der Waals surface area contributed by atoms with Crippen LogP contribution in [0.25, 0.3) is 0 Å². The van der Waals surface area contributed by atoms with E-state index in [1.807, 2.05) is 0 Å². The number of nitrogens with one attached hydrogen (secondary N) is 1. The molecule has 1 aromatic rings. The summed E-state index contributed by atoms with van der Waals surface area (Å²) in [5.74, 6) is 2.12. The van der Waals surface area contributed by atoms with Crippen molar-refractivity contribution < 1.29 is 4.42 Å². The third-order valence-electron chi connectivity index (χ3n) is 3.46. The van der Waals surface area contributed by atoms with Gasteiger partial charge in [-0.25, -0.2) is 0 Å².